The van der Waals surface area contributed by atoms with E-state index in [0.29, 0.717) is 30.4 Å². The molecule has 0 atom stereocenters. The van der Waals surface area contributed by atoms with Gasteiger partial charge in [-0.1, -0.05) is 19.1 Å². The molecule has 2 aromatic carbocycles. The molecule has 25 heavy (non-hydrogen) atoms. The highest BCUT2D eigenvalue weighted by Gasteiger charge is 2.26. The molecule has 3 rings (SSSR count). The Morgan fingerprint density at radius 2 is 1.68 bits per heavy atom. The molecule has 2 aromatic rings. The highest BCUT2D eigenvalue weighted by atomic mass is 16.3. The van der Waals surface area contributed by atoms with Crippen molar-refractivity contribution >= 4 is 17.1 Å². The molecule has 0 heterocycles. The monoisotopic (exact) mass is 336 g/mol. The van der Waals surface area contributed by atoms with Crippen LogP contribution in [0.4, 0.5) is 0 Å². The van der Waals surface area contributed by atoms with E-state index in [1.807, 2.05) is 12.1 Å². The standard InChI is InChI=1S/C21H20O4/c1-2-19(24)21-18(7-4-8-20(21)25)15-9-14(11-17(23)12-15)13-5-3-6-16(22)10-13/h3,5-6,9-12,22-23H,2,4,7-8H2,1H3. The van der Waals surface area contributed by atoms with Crippen molar-refractivity contribution in [1.82, 2.24) is 0 Å². The Hall–Kier alpha value is -2.88. The third-order valence-corrected chi connectivity index (χ3v) is 4.46. The van der Waals surface area contributed by atoms with Gasteiger partial charge >= 0.3 is 0 Å². The molecular weight excluding hydrogens is 316 g/mol. The minimum Gasteiger partial charge on any atom is -0.508 e. The zero-order valence-corrected chi connectivity index (χ0v) is 14.1. The van der Waals surface area contributed by atoms with Gasteiger partial charge in [-0.05, 0) is 65.4 Å². The van der Waals surface area contributed by atoms with E-state index in [-0.39, 0.29) is 35.1 Å². The molecule has 0 amide bonds. The maximum atomic E-state index is 12.3. The molecule has 0 aromatic heterocycles. The Labute approximate surface area is 146 Å². The maximum Gasteiger partial charge on any atom is 0.166 e. The number of phenols is 2. The maximum absolute atomic E-state index is 12.3. The summed E-state index contributed by atoms with van der Waals surface area (Å²) in [6, 6.07) is 11.8. The number of allylic oxidation sites excluding steroid dienone is 2. The van der Waals surface area contributed by atoms with Crippen LogP contribution in [0.15, 0.2) is 48.0 Å². The van der Waals surface area contributed by atoms with Crippen molar-refractivity contribution in [2.75, 3.05) is 0 Å². The fourth-order valence-corrected chi connectivity index (χ4v) is 3.27. The van der Waals surface area contributed by atoms with Crippen molar-refractivity contribution in [2.24, 2.45) is 0 Å². The average molecular weight is 336 g/mol. The molecule has 0 unspecified atom stereocenters. The van der Waals surface area contributed by atoms with Crippen LogP contribution in [0.3, 0.4) is 0 Å². The lowest BCUT2D eigenvalue weighted by Crippen LogP contribution is -2.18. The van der Waals surface area contributed by atoms with Crippen LogP contribution in [0.1, 0.15) is 38.2 Å². The van der Waals surface area contributed by atoms with Crippen molar-refractivity contribution in [3.05, 3.63) is 53.6 Å². The molecule has 0 spiro atoms. The number of ketones is 2. The van der Waals surface area contributed by atoms with Gasteiger partial charge in [0.25, 0.3) is 0 Å². The molecule has 1 aliphatic rings. The zero-order chi connectivity index (χ0) is 18.0. The van der Waals surface area contributed by atoms with Crippen molar-refractivity contribution in [3.63, 3.8) is 0 Å². The van der Waals surface area contributed by atoms with Crippen LogP contribution < -0.4 is 0 Å². The van der Waals surface area contributed by atoms with E-state index in [1.165, 1.54) is 0 Å². The number of carbonyl (C=O) groups is 2. The molecule has 2 N–H and O–H groups in total. The second kappa shape index (κ2) is 6.93. The molecule has 0 saturated heterocycles. The first kappa shape index (κ1) is 17.0. The Kier molecular flexibility index (Phi) is 4.70. The highest BCUT2D eigenvalue weighted by molar-refractivity contribution is 6.25. The van der Waals surface area contributed by atoms with Crippen molar-refractivity contribution in [3.8, 4) is 22.6 Å². The molecule has 4 heteroatoms. The Morgan fingerprint density at radius 1 is 0.960 bits per heavy atom. The van der Waals surface area contributed by atoms with Crippen LogP contribution in [0, 0.1) is 0 Å². The average Bonchev–Trinajstić information content (AvgIpc) is 2.60. The van der Waals surface area contributed by atoms with Gasteiger partial charge in [0, 0.05) is 12.8 Å². The minimum atomic E-state index is -0.151. The summed E-state index contributed by atoms with van der Waals surface area (Å²) in [6.45, 7) is 1.75. The highest BCUT2D eigenvalue weighted by Crippen LogP contribution is 2.36. The van der Waals surface area contributed by atoms with Crippen LogP contribution in [0.5, 0.6) is 11.5 Å². The number of rotatable bonds is 4. The van der Waals surface area contributed by atoms with Gasteiger partial charge in [0.05, 0.1) is 5.57 Å². The number of aromatic hydroxyl groups is 2. The van der Waals surface area contributed by atoms with E-state index in [4.69, 9.17) is 0 Å². The Morgan fingerprint density at radius 3 is 2.40 bits per heavy atom. The predicted molar refractivity (Wildman–Crippen MR) is 96.3 cm³/mol. The Bertz CT molecular complexity index is 877. The molecule has 0 bridgehead atoms. The SMILES string of the molecule is CCC(=O)C1=C(c2cc(O)cc(-c3cccc(O)c3)c2)CCCC1=O. The number of carbonyl (C=O) groups excluding carboxylic acids is 2. The first-order chi connectivity index (χ1) is 12.0. The molecule has 1 aliphatic carbocycles. The summed E-state index contributed by atoms with van der Waals surface area (Å²) in [7, 11) is 0. The van der Waals surface area contributed by atoms with Crippen molar-refractivity contribution < 1.29 is 19.8 Å². The van der Waals surface area contributed by atoms with Gasteiger partial charge < -0.3 is 10.2 Å². The number of Topliss-reactive ketones (excluding diaryl/α,β-unsaturated/α-hetero) is 2. The van der Waals surface area contributed by atoms with Gasteiger partial charge in [-0.15, -0.1) is 0 Å². The molecule has 4 nitrogen and oxygen atoms in total. The zero-order valence-electron chi connectivity index (χ0n) is 14.1. The number of benzene rings is 2. The summed E-state index contributed by atoms with van der Waals surface area (Å²) < 4.78 is 0. The lowest BCUT2D eigenvalue weighted by atomic mass is 9.83. The van der Waals surface area contributed by atoms with Crippen LogP contribution in [-0.2, 0) is 9.59 Å². The summed E-state index contributed by atoms with van der Waals surface area (Å²) in [4.78, 5) is 24.6. The third kappa shape index (κ3) is 3.48. The van der Waals surface area contributed by atoms with Crippen molar-refractivity contribution in [2.45, 2.75) is 32.6 Å². The van der Waals surface area contributed by atoms with E-state index < -0.39 is 0 Å². The molecule has 0 radical (unpaired) electrons. The van der Waals surface area contributed by atoms with E-state index in [9.17, 15) is 19.8 Å². The first-order valence-electron chi connectivity index (χ1n) is 8.43. The van der Waals surface area contributed by atoms with Gasteiger partial charge in [-0.2, -0.15) is 0 Å². The smallest absolute Gasteiger partial charge is 0.166 e. The lowest BCUT2D eigenvalue weighted by molar-refractivity contribution is -0.121. The quantitative estimate of drug-likeness (QED) is 0.819. The van der Waals surface area contributed by atoms with E-state index in [2.05, 4.69) is 0 Å². The van der Waals surface area contributed by atoms with E-state index in [0.717, 1.165) is 11.1 Å². The van der Waals surface area contributed by atoms with Gasteiger partial charge in [0.1, 0.15) is 11.5 Å². The largest absolute Gasteiger partial charge is 0.508 e. The fraction of sp³-hybridized carbons (Fsp3) is 0.238. The van der Waals surface area contributed by atoms with E-state index >= 15 is 0 Å². The third-order valence-electron chi connectivity index (χ3n) is 4.46. The normalized spacial score (nSPS) is 14.7. The molecule has 128 valence electrons. The van der Waals surface area contributed by atoms with Crippen molar-refractivity contribution in [1.29, 1.82) is 0 Å². The second-order valence-corrected chi connectivity index (χ2v) is 6.23. The van der Waals surface area contributed by atoms with Gasteiger partial charge in [0.2, 0.25) is 0 Å². The number of hydrogen-bond donors (Lipinski definition) is 2. The molecular formula is C21H20O4. The number of phenolic OH excluding ortho intramolecular Hbond substituents is 2. The molecule has 0 aliphatic heterocycles. The minimum absolute atomic E-state index is 0.0599. The summed E-state index contributed by atoms with van der Waals surface area (Å²) >= 11 is 0. The van der Waals surface area contributed by atoms with Gasteiger partial charge in [0.15, 0.2) is 11.6 Å². The topological polar surface area (TPSA) is 74.6 Å². The van der Waals surface area contributed by atoms with Gasteiger partial charge in [-0.3, -0.25) is 9.59 Å². The summed E-state index contributed by atoms with van der Waals surface area (Å²) in [5.74, 6) is -0.0711. The molecule has 0 fully saturated rings. The molecule has 0 saturated carbocycles. The van der Waals surface area contributed by atoms with Crippen LogP contribution in [0.2, 0.25) is 0 Å². The van der Waals surface area contributed by atoms with Crippen LogP contribution in [0.25, 0.3) is 16.7 Å². The summed E-state index contributed by atoms with van der Waals surface area (Å²) in [5.41, 5.74) is 3.15. The van der Waals surface area contributed by atoms with E-state index in [1.54, 1.807) is 37.3 Å². The predicted octanol–water partition coefficient (Wildman–Crippen LogP) is 4.25. The number of hydrogen-bond acceptors (Lipinski definition) is 4. The fourth-order valence-electron chi connectivity index (χ4n) is 3.27. The van der Waals surface area contributed by atoms with Crippen LogP contribution in [-0.4, -0.2) is 21.8 Å². The van der Waals surface area contributed by atoms with Gasteiger partial charge in [-0.25, -0.2) is 0 Å². The van der Waals surface area contributed by atoms with Crippen LogP contribution >= 0.6 is 0 Å². The summed E-state index contributed by atoms with van der Waals surface area (Å²) in [6.07, 6.45) is 2.01. The summed E-state index contributed by atoms with van der Waals surface area (Å²) in [5, 5.41) is 19.8. The Balaban J connectivity index is 2.16. The second-order valence-electron chi connectivity index (χ2n) is 6.23. The lowest BCUT2D eigenvalue weighted by Gasteiger charge is -2.19. The first-order valence-corrected chi connectivity index (χ1v) is 8.43.